The molecule has 1 unspecified atom stereocenters. The molecule has 1 atom stereocenters. The van der Waals surface area contributed by atoms with Crippen molar-refractivity contribution in [3.8, 4) is 11.5 Å². The first kappa shape index (κ1) is 19.9. The van der Waals surface area contributed by atoms with Gasteiger partial charge in [0.05, 0.1) is 32.2 Å². The molecule has 0 fully saturated rings. The minimum atomic E-state index is -0.335. The number of methoxy groups -OCH3 is 1. The van der Waals surface area contributed by atoms with Crippen molar-refractivity contribution in [1.82, 2.24) is 0 Å². The van der Waals surface area contributed by atoms with E-state index in [4.69, 9.17) is 9.47 Å². The Morgan fingerprint density at radius 3 is 2.96 bits per heavy atom. The maximum Gasteiger partial charge on any atom is 0.341 e. The Morgan fingerprint density at radius 1 is 1.48 bits per heavy atom. The summed E-state index contributed by atoms with van der Waals surface area (Å²) in [5.74, 6) is 0.0255. The number of hydrogen-bond donors (Lipinski definition) is 2. The number of carbonyl (C=O) groups excluding carboxylic acids is 1. The van der Waals surface area contributed by atoms with E-state index >= 15 is 0 Å². The van der Waals surface area contributed by atoms with Gasteiger partial charge in [0.2, 0.25) is 0 Å². The quantitative estimate of drug-likeness (QED) is 0.539. The van der Waals surface area contributed by atoms with Crippen LogP contribution in [0.2, 0.25) is 0 Å². The fourth-order valence-electron chi connectivity index (χ4n) is 3.09. The van der Waals surface area contributed by atoms with E-state index in [0.29, 0.717) is 28.5 Å². The maximum atomic E-state index is 12.5. The van der Waals surface area contributed by atoms with E-state index in [1.807, 2.05) is 0 Å². The number of quaternary nitrogens is 1. The third kappa shape index (κ3) is 4.17. The van der Waals surface area contributed by atoms with Crippen molar-refractivity contribution in [2.24, 2.45) is 4.99 Å². The molecule has 1 aromatic heterocycles. The smallest absolute Gasteiger partial charge is 0.341 e. The number of hydrogen-bond acceptors (Lipinski definition) is 6. The van der Waals surface area contributed by atoms with Crippen molar-refractivity contribution in [3.05, 3.63) is 38.2 Å². The number of carbonyl (C=O) groups is 1. The zero-order valence-electron chi connectivity index (χ0n) is 15.5. The SMILES string of the molecule is CCOC(=O)c1c(/N=C/c2cc(Br)cc(OC)c2O)sc2c1CC[NH+](C)C2. The fourth-order valence-corrected chi connectivity index (χ4v) is 4.84. The number of ether oxygens (including phenoxy) is 2. The molecule has 144 valence electrons. The number of esters is 1. The molecular weight excluding hydrogens is 432 g/mol. The number of likely N-dealkylation sites (N-methyl/N-ethyl adjacent to an activating group) is 1. The number of fused-ring (bicyclic) bond motifs is 1. The van der Waals surface area contributed by atoms with Crippen molar-refractivity contribution in [1.29, 1.82) is 0 Å². The van der Waals surface area contributed by atoms with Gasteiger partial charge in [-0.15, -0.1) is 11.3 Å². The number of thiophene rings is 1. The number of halogens is 1. The van der Waals surface area contributed by atoms with Gasteiger partial charge in [0, 0.05) is 22.7 Å². The van der Waals surface area contributed by atoms with E-state index in [1.54, 1.807) is 25.3 Å². The molecule has 2 N–H and O–H groups in total. The van der Waals surface area contributed by atoms with Gasteiger partial charge in [-0.3, -0.25) is 0 Å². The molecule has 3 rings (SSSR count). The summed E-state index contributed by atoms with van der Waals surface area (Å²) in [6.45, 7) is 3.96. The Balaban J connectivity index is 2.03. The second-order valence-corrected chi connectivity index (χ2v) is 8.34. The lowest BCUT2D eigenvalue weighted by atomic mass is 10.0. The fraction of sp³-hybridized carbons (Fsp3) is 0.368. The Bertz CT molecular complexity index is 894. The molecule has 0 saturated carbocycles. The van der Waals surface area contributed by atoms with E-state index in [-0.39, 0.29) is 11.7 Å². The Morgan fingerprint density at radius 2 is 2.26 bits per heavy atom. The highest BCUT2D eigenvalue weighted by Gasteiger charge is 2.29. The molecule has 0 saturated heterocycles. The average Bonchev–Trinajstić information content (AvgIpc) is 2.99. The molecule has 0 radical (unpaired) electrons. The molecule has 2 heterocycles. The third-order valence-corrected chi connectivity index (χ3v) is 6.02. The number of nitrogens with zero attached hydrogens (tertiary/aromatic N) is 1. The molecule has 8 heteroatoms. The van der Waals surface area contributed by atoms with E-state index in [1.165, 1.54) is 28.2 Å². The molecular formula is C19H22BrN2O4S+. The number of aliphatic imine (C=N–C) groups is 1. The summed E-state index contributed by atoms with van der Waals surface area (Å²) in [5.41, 5.74) is 2.11. The monoisotopic (exact) mass is 453 g/mol. The molecule has 1 aliphatic heterocycles. The highest BCUT2D eigenvalue weighted by atomic mass is 79.9. The molecule has 0 aliphatic carbocycles. The zero-order valence-corrected chi connectivity index (χ0v) is 17.9. The number of phenolic OH excluding ortho intramolecular Hbond substituents is 1. The largest absolute Gasteiger partial charge is 0.504 e. The predicted molar refractivity (Wildman–Crippen MR) is 109 cm³/mol. The number of nitrogens with one attached hydrogen (secondary N) is 1. The van der Waals surface area contributed by atoms with Crippen LogP contribution in [0.4, 0.5) is 5.00 Å². The van der Waals surface area contributed by atoms with Crippen molar-refractivity contribution >= 4 is 44.5 Å². The van der Waals surface area contributed by atoms with Crippen molar-refractivity contribution in [2.45, 2.75) is 19.9 Å². The van der Waals surface area contributed by atoms with Gasteiger partial charge in [-0.25, -0.2) is 9.79 Å². The first-order valence-corrected chi connectivity index (χ1v) is 10.3. The van der Waals surface area contributed by atoms with Gasteiger partial charge < -0.3 is 19.5 Å². The zero-order chi connectivity index (χ0) is 19.6. The van der Waals surface area contributed by atoms with Crippen molar-refractivity contribution in [3.63, 3.8) is 0 Å². The molecule has 1 aliphatic rings. The molecule has 27 heavy (non-hydrogen) atoms. The topological polar surface area (TPSA) is 72.6 Å². The molecule has 0 bridgehead atoms. The van der Waals surface area contributed by atoms with E-state index in [0.717, 1.165) is 29.5 Å². The maximum absolute atomic E-state index is 12.5. The van der Waals surface area contributed by atoms with Crippen LogP contribution in [-0.2, 0) is 17.7 Å². The molecule has 1 aromatic carbocycles. The van der Waals surface area contributed by atoms with Gasteiger partial charge >= 0.3 is 5.97 Å². The molecule has 0 amide bonds. The summed E-state index contributed by atoms with van der Waals surface area (Å²) in [6, 6.07) is 3.43. The first-order chi connectivity index (χ1) is 12.9. The third-order valence-electron chi connectivity index (χ3n) is 4.43. The van der Waals surface area contributed by atoms with Gasteiger partial charge in [0.15, 0.2) is 11.5 Å². The van der Waals surface area contributed by atoms with Crippen LogP contribution in [0.5, 0.6) is 11.5 Å². The Kier molecular flexibility index (Phi) is 6.18. The molecule has 6 nitrogen and oxygen atoms in total. The van der Waals surface area contributed by atoms with Gasteiger partial charge in [-0.1, -0.05) is 15.9 Å². The molecule has 0 spiro atoms. The summed E-state index contributed by atoms with van der Waals surface area (Å²) in [4.78, 5) is 19.7. The van der Waals surface area contributed by atoms with Crippen LogP contribution in [0, 0.1) is 0 Å². The van der Waals surface area contributed by atoms with Crippen molar-refractivity contribution in [2.75, 3.05) is 27.3 Å². The lowest BCUT2D eigenvalue weighted by Gasteiger charge is -2.19. The van der Waals surface area contributed by atoms with Crippen LogP contribution in [0.3, 0.4) is 0 Å². The minimum absolute atomic E-state index is 0.00707. The summed E-state index contributed by atoms with van der Waals surface area (Å²) in [6.07, 6.45) is 2.39. The normalized spacial score (nSPS) is 16.4. The Labute approximate surface area is 170 Å². The van der Waals surface area contributed by atoms with E-state index in [2.05, 4.69) is 28.0 Å². The first-order valence-electron chi connectivity index (χ1n) is 8.68. The van der Waals surface area contributed by atoms with Crippen LogP contribution >= 0.6 is 27.3 Å². The summed E-state index contributed by atoms with van der Waals surface area (Å²) < 4.78 is 11.2. The van der Waals surface area contributed by atoms with Crippen LogP contribution in [0.1, 0.15) is 33.3 Å². The van der Waals surface area contributed by atoms with Gasteiger partial charge in [-0.2, -0.15) is 0 Å². The van der Waals surface area contributed by atoms with Crippen LogP contribution in [0.25, 0.3) is 0 Å². The summed E-state index contributed by atoms with van der Waals surface area (Å²) >= 11 is 4.91. The predicted octanol–water partition coefficient (Wildman–Crippen LogP) is 2.72. The molecule has 2 aromatic rings. The van der Waals surface area contributed by atoms with Crippen LogP contribution in [-0.4, -0.2) is 44.6 Å². The van der Waals surface area contributed by atoms with Crippen LogP contribution in [0.15, 0.2) is 21.6 Å². The van der Waals surface area contributed by atoms with Gasteiger partial charge in [0.25, 0.3) is 0 Å². The van der Waals surface area contributed by atoms with E-state index in [9.17, 15) is 9.90 Å². The lowest BCUT2D eigenvalue weighted by molar-refractivity contribution is -0.895. The van der Waals surface area contributed by atoms with Gasteiger partial charge in [-0.05, 0) is 24.6 Å². The Hall–Kier alpha value is -1.90. The number of aromatic hydroxyl groups is 1. The van der Waals surface area contributed by atoms with Crippen LogP contribution < -0.4 is 9.64 Å². The summed E-state index contributed by atoms with van der Waals surface area (Å²) in [7, 11) is 3.63. The summed E-state index contributed by atoms with van der Waals surface area (Å²) in [5, 5.41) is 10.9. The standard InChI is InChI=1S/C19H21BrN2O4S/c1-4-26-19(24)16-13-5-6-22(2)10-15(13)27-18(16)21-9-11-7-12(20)8-14(25-3)17(11)23/h7-9,23H,4-6,10H2,1-3H3/p+1/b21-9+. The highest BCUT2D eigenvalue weighted by Crippen LogP contribution is 2.38. The second-order valence-electron chi connectivity index (χ2n) is 6.34. The van der Waals surface area contributed by atoms with Crippen molar-refractivity contribution < 1.29 is 24.3 Å². The van der Waals surface area contributed by atoms with E-state index < -0.39 is 0 Å². The highest BCUT2D eigenvalue weighted by molar-refractivity contribution is 9.10. The second kappa shape index (κ2) is 8.41. The number of rotatable bonds is 5. The van der Waals surface area contributed by atoms with Gasteiger partial charge in [0.1, 0.15) is 17.1 Å². The lowest BCUT2D eigenvalue weighted by Crippen LogP contribution is -3.08. The number of phenols is 1. The minimum Gasteiger partial charge on any atom is -0.504 e. The average molecular weight is 454 g/mol. The number of benzene rings is 1.